The molecule has 144 valence electrons. The van der Waals surface area contributed by atoms with Gasteiger partial charge in [0, 0.05) is 17.8 Å². The van der Waals surface area contributed by atoms with Crippen molar-refractivity contribution in [3.8, 4) is 16.9 Å². The zero-order valence-electron chi connectivity index (χ0n) is 15.9. The smallest absolute Gasteiger partial charge is 0.138 e. The Morgan fingerprint density at radius 2 is 1.75 bits per heavy atom. The molecule has 4 heteroatoms. The molecule has 1 saturated heterocycles. The van der Waals surface area contributed by atoms with E-state index in [1.165, 1.54) is 6.42 Å². The van der Waals surface area contributed by atoms with Crippen LogP contribution in [0.15, 0.2) is 73.1 Å². The minimum absolute atomic E-state index is 0.402. The Morgan fingerprint density at radius 1 is 0.964 bits per heavy atom. The lowest BCUT2D eigenvalue weighted by molar-refractivity contribution is 0.175. The van der Waals surface area contributed by atoms with Gasteiger partial charge in [0.1, 0.15) is 12.4 Å². The third-order valence-electron chi connectivity index (χ3n) is 5.14. The number of benzene rings is 2. The first-order valence-corrected chi connectivity index (χ1v) is 9.89. The highest BCUT2D eigenvalue weighted by molar-refractivity contribution is 5.64. The number of nitrogens with zero attached hydrogens (tertiary/aromatic N) is 1. The predicted molar refractivity (Wildman–Crippen MR) is 111 cm³/mol. The summed E-state index contributed by atoms with van der Waals surface area (Å²) in [6.45, 7) is 1.76. The van der Waals surface area contributed by atoms with E-state index < -0.39 is 6.10 Å². The van der Waals surface area contributed by atoms with Crippen molar-refractivity contribution in [3.05, 3.63) is 84.2 Å². The monoisotopic (exact) mass is 374 g/mol. The third kappa shape index (κ3) is 4.97. The second kappa shape index (κ2) is 9.00. The molecule has 2 heterocycles. The molecule has 1 aromatic heterocycles. The maximum atomic E-state index is 10.5. The average Bonchev–Trinajstić information content (AvgIpc) is 2.68. The van der Waals surface area contributed by atoms with Crippen molar-refractivity contribution >= 4 is 0 Å². The number of aliphatic hydroxyl groups is 1. The Hall–Kier alpha value is -2.69. The highest BCUT2D eigenvalue weighted by atomic mass is 16.5. The number of hydrogen-bond acceptors (Lipinski definition) is 4. The van der Waals surface area contributed by atoms with Crippen molar-refractivity contribution in [2.75, 3.05) is 13.2 Å². The lowest BCUT2D eigenvalue weighted by Crippen LogP contribution is -2.46. The van der Waals surface area contributed by atoms with Gasteiger partial charge < -0.3 is 15.2 Å². The molecule has 2 N–H and O–H groups in total. The molecule has 0 spiro atoms. The van der Waals surface area contributed by atoms with Gasteiger partial charge in [-0.15, -0.1) is 0 Å². The quantitative estimate of drug-likeness (QED) is 0.632. The fraction of sp³-hybridized carbons (Fsp3) is 0.292. The normalized spacial score (nSPS) is 17.0. The van der Waals surface area contributed by atoms with Crippen LogP contribution in [0.25, 0.3) is 11.1 Å². The van der Waals surface area contributed by atoms with Gasteiger partial charge in [0.15, 0.2) is 0 Å². The van der Waals surface area contributed by atoms with Crippen LogP contribution in [0.5, 0.6) is 5.75 Å². The molecule has 2 aromatic carbocycles. The first-order chi connectivity index (χ1) is 13.8. The summed E-state index contributed by atoms with van der Waals surface area (Å²) in [6.07, 6.45) is 5.66. The molecule has 1 aliphatic rings. The van der Waals surface area contributed by atoms with Gasteiger partial charge in [-0.3, -0.25) is 4.98 Å². The Morgan fingerprint density at radius 3 is 2.54 bits per heavy atom. The van der Waals surface area contributed by atoms with E-state index in [0.717, 1.165) is 34.5 Å². The largest absolute Gasteiger partial charge is 0.490 e. The summed E-state index contributed by atoms with van der Waals surface area (Å²) in [5.41, 5.74) is 4.38. The zero-order chi connectivity index (χ0) is 19.2. The van der Waals surface area contributed by atoms with E-state index in [2.05, 4.69) is 40.6 Å². The van der Waals surface area contributed by atoms with Crippen molar-refractivity contribution in [2.45, 2.75) is 31.4 Å². The van der Waals surface area contributed by atoms with E-state index in [9.17, 15) is 5.11 Å². The van der Waals surface area contributed by atoms with Crippen molar-refractivity contribution < 1.29 is 9.84 Å². The summed E-state index contributed by atoms with van der Waals surface area (Å²) in [5.74, 6) is 0.792. The molecule has 0 amide bonds. The molecule has 0 aliphatic carbocycles. The van der Waals surface area contributed by atoms with Crippen LogP contribution in [0.2, 0.25) is 0 Å². The Labute approximate surface area is 166 Å². The van der Waals surface area contributed by atoms with Gasteiger partial charge in [0.2, 0.25) is 0 Å². The van der Waals surface area contributed by atoms with Crippen LogP contribution in [0, 0.1) is 0 Å². The van der Waals surface area contributed by atoms with Crippen LogP contribution >= 0.6 is 0 Å². The van der Waals surface area contributed by atoms with Gasteiger partial charge in [-0.05, 0) is 48.6 Å². The molecule has 2 unspecified atom stereocenters. The number of nitrogens with one attached hydrogen (secondary N) is 1. The minimum Gasteiger partial charge on any atom is -0.490 e. The number of hydrogen-bond donors (Lipinski definition) is 2. The third-order valence-corrected chi connectivity index (χ3v) is 5.14. The van der Waals surface area contributed by atoms with Crippen LogP contribution in [0.4, 0.5) is 0 Å². The summed E-state index contributed by atoms with van der Waals surface area (Å²) >= 11 is 0. The molecule has 28 heavy (non-hydrogen) atoms. The van der Waals surface area contributed by atoms with E-state index in [-0.39, 0.29) is 0 Å². The highest BCUT2D eigenvalue weighted by Crippen LogP contribution is 2.24. The van der Waals surface area contributed by atoms with E-state index in [4.69, 9.17) is 4.74 Å². The summed E-state index contributed by atoms with van der Waals surface area (Å²) in [6, 6.07) is 20.9. The number of pyridine rings is 1. The topological polar surface area (TPSA) is 54.4 Å². The van der Waals surface area contributed by atoms with E-state index in [1.54, 1.807) is 6.20 Å². The van der Waals surface area contributed by atoms with Crippen molar-refractivity contribution in [2.24, 2.45) is 0 Å². The van der Waals surface area contributed by atoms with E-state index in [0.29, 0.717) is 25.5 Å². The SMILES string of the molecule is OC(Cc1ccccc1)Cc1cccc(-c2cncc(OCC3CCN3)c2)c1. The summed E-state index contributed by atoms with van der Waals surface area (Å²) in [4.78, 5) is 4.33. The first kappa shape index (κ1) is 18.7. The van der Waals surface area contributed by atoms with Gasteiger partial charge in [0.05, 0.1) is 12.3 Å². The van der Waals surface area contributed by atoms with Crippen LogP contribution < -0.4 is 10.1 Å². The number of aliphatic hydroxyl groups excluding tert-OH is 1. The van der Waals surface area contributed by atoms with Gasteiger partial charge >= 0.3 is 0 Å². The summed E-state index contributed by atoms with van der Waals surface area (Å²) < 4.78 is 5.87. The molecule has 0 bridgehead atoms. The van der Waals surface area contributed by atoms with Gasteiger partial charge in [0.25, 0.3) is 0 Å². The Bertz CT molecular complexity index is 894. The lowest BCUT2D eigenvalue weighted by atomic mass is 9.98. The maximum Gasteiger partial charge on any atom is 0.138 e. The van der Waals surface area contributed by atoms with Crippen LogP contribution in [-0.2, 0) is 12.8 Å². The highest BCUT2D eigenvalue weighted by Gasteiger charge is 2.16. The first-order valence-electron chi connectivity index (χ1n) is 9.89. The van der Waals surface area contributed by atoms with Crippen LogP contribution in [0.1, 0.15) is 17.5 Å². The molecule has 4 rings (SSSR count). The Kier molecular flexibility index (Phi) is 6.00. The van der Waals surface area contributed by atoms with Crippen LogP contribution in [0.3, 0.4) is 0 Å². The molecule has 0 saturated carbocycles. The second-order valence-corrected chi connectivity index (χ2v) is 7.41. The van der Waals surface area contributed by atoms with Gasteiger partial charge in [-0.1, -0.05) is 54.6 Å². The number of ether oxygens (including phenoxy) is 1. The lowest BCUT2D eigenvalue weighted by Gasteiger charge is -2.27. The number of aromatic nitrogens is 1. The second-order valence-electron chi connectivity index (χ2n) is 7.41. The summed E-state index contributed by atoms with van der Waals surface area (Å²) in [7, 11) is 0. The van der Waals surface area contributed by atoms with E-state index >= 15 is 0 Å². The van der Waals surface area contributed by atoms with Crippen molar-refractivity contribution in [1.29, 1.82) is 0 Å². The molecule has 4 nitrogen and oxygen atoms in total. The maximum absolute atomic E-state index is 10.5. The average molecular weight is 374 g/mol. The zero-order valence-corrected chi connectivity index (χ0v) is 15.9. The Balaban J connectivity index is 1.41. The van der Waals surface area contributed by atoms with Crippen molar-refractivity contribution in [3.63, 3.8) is 0 Å². The molecule has 1 aliphatic heterocycles. The predicted octanol–water partition coefficient (Wildman–Crippen LogP) is 3.64. The minimum atomic E-state index is -0.402. The number of rotatable bonds is 8. The molecular weight excluding hydrogens is 348 g/mol. The fourth-order valence-corrected chi connectivity index (χ4v) is 3.45. The van der Waals surface area contributed by atoms with Crippen LogP contribution in [-0.4, -0.2) is 35.4 Å². The molecule has 2 atom stereocenters. The summed E-state index contributed by atoms with van der Waals surface area (Å²) in [5, 5.41) is 13.8. The molecular formula is C24H26N2O2. The van der Waals surface area contributed by atoms with Gasteiger partial charge in [-0.25, -0.2) is 0 Å². The molecule has 3 aromatic rings. The molecule has 1 fully saturated rings. The fourth-order valence-electron chi connectivity index (χ4n) is 3.45. The van der Waals surface area contributed by atoms with Gasteiger partial charge in [-0.2, -0.15) is 0 Å². The van der Waals surface area contributed by atoms with Crippen molar-refractivity contribution in [1.82, 2.24) is 10.3 Å². The standard InChI is InChI=1S/C24H26N2O2/c27-23(12-18-5-2-1-3-6-18)13-19-7-4-8-20(11-19)21-14-24(16-25-15-21)28-17-22-9-10-26-22/h1-8,11,14-16,22-23,26-27H,9-10,12-13,17H2. The molecule has 0 radical (unpaired) electrons. The van der Waals surface area contributed by atoms with E-state index in [1.807, 2.05) is 36.5 Å².